The van der Waals surface area contributed by atoms with Gasteiger partial charge in [0.1, 0.15) is 23.0 Å². The minimum atomic E-state index is -1.02. The minimum Gasteiger partial charge on any atom is -0.453 e. The number of nitrogens with zero attached hydrogens (tertiary/aromatic N) is 3. The van der Waals surface area contributed by atoms with Crippen molar-refractivity contribution in [3.05, 3.63) is 41.0 Å². The zero-order valence-electron chi connectivity index (χ0n) is 14.6. The van der Waals surface area contributed by atoms with Gasteiger partial charge in [0.25, 0.3) is 0 Å². The lowest BCUT2D eigenvalue weighted by Gasteiger charge is -2.27. The second kappa shape index (κ2) is 7.70. The molecule has 1 aliphatic heterocycles. The number of Topliss-reactive ketones (excluding diaryl/α,β-unsaturated/α-hetero) is 1. The smallest absolute Gasteiger partial charge is 0.346 e. The van der Waals surface area contributed by atoms with E-state index in [4.69, 9.17) is 15.2 Å². The van der Waals surface area contributed by atoms with Crippen LogP contribution in [0.1, 0.15) is 20.7 Å². The Morgan fingerprint density at radius 2 is 1.85 bits per heavy atom. The van der Waals surface area contributed by atoms with Gasteiger partial charge in [-0.1, -0.05) is 6.07 Å². The summed E-state index contributed by atoms with van der Waals surface area (Å²) in [7, 11) is 1.57. The molecule has 0 spiro atoms. The molecule has 1 saturated heterocycles. The summed E-state index contributed by atoms with van der Waals surface area (Å²) in [6, 6.07) is 3.04. The summed E-state index contributed by atoms with van der Waals surface area (Å²) in [6.45, 7) is 1.13. The molecule has 0 radical (unpaired) electrons. The van der Waals surface area contributed by atoms with Crippen LogP contribution in [-0.2, 0) is 16.5 Å². The lowest BCUT2D eigenvalue weighted by atomic mass is 10.1. The van der Waals surface area contributed by atoms with Crippen LogP contribution >= 0.6 is 0 Å². The van der Waals surface area contributed by atoms with E-state index in [9.17, 15) is 18.4 Å². The first kappa shape index (κ1) is 18.8. The lowest BCUT2D eigenvalue weighted by molar-refractivity contribution is 0.0473. The summed E-state index contributed by atoms with van der Waals surface area (Å²) in [5, 5.41) is 4.22. The topological polar surface area (TPSA) is 99.7 Å². The van der Waals surface area contributed by atoms with Crippen molar-refractivity contribution >= 4 is 23.4 Å². The number of anilines is 2. The fourth-order valence-corrected chi connectivity index (χ4v) is 2.75. The van der Waals surface area contributed by atoms with E-state index in [1.54, 1.807) is 7.05 Å². The van der Waals surface area contributed by atoms with E-state index < -0.39 is 35.6 Å². The number of carbonyl (C=O) groups is 2. The Bertz CT molecular complexity index is 858. The van der Waals surface area contributed by atoms with E-state index >= 15 is 0 Å². The average Bonchev–Trinajstić information content (AvgIpc) is 2.95. The van der Waals surface area contributed by atoms with Crippen LogP contribution < -0.4 is 10.6 Å². The Hall–Kier alpha value is -3.01. The van der Waals surface area contributed by atoms with Crippen molar-refractivity contribution in [3.63, 3.8) is 0 Å². The van der Waals surface area contributed by atoms with Crippen LogP contribution in [0.3, 0.4) is 0 Å². The Morgan fingerprint density at radius 1 is 1.22 bits per heavy atom. The molecule has 2 N–H and O–H groups in total. The molecule has 27 heavy (non-hydrogen) atoms. The normalized spacial score (nSPS) is 14.3. The molecule has 2 heterocycles. The first-order chi connectivity index (χ1) is 12.9. The van der Waals surface area contributed by atoms with Gasteiger partial charge in [0.2, 0.25) is 5.78 Å². The first-order valence-electron chi connectivity index (χ1n) is 8.19. The van der Waals surface area contributed by atoms with E-state index in [0.717, 1.165) is 18.2 Å². The molecule has 0 bridgehead atoms. The van der Waals surface area contributed by atoms with Gasteiger partial charge in [0.15, 0.2) is 12.4 Å². The highest BCUT2D eigenvalue weighted by Crippen LogP contribution is 2.26. The number of esters is 1. The van der Waals surface area contributed by atoms with Gasteiger partial charge >= 0.3 is 5.97 Å². The second-order valence-electron chi connectivity index (χ2n) is 5.90. The Labute approximate surface area is 153 Å². The summed E-state index contributed by atoms with van der Waals surface area (Å²) in [6.07, 6.45) is 0. The molecular formula is C17H18F2N4O4. The summed E-state index contributed by atoms with van der Waals surface area (Å²) in [5.41, 5.74) is 5.16. The molecule has 10 heteroatoms. The van der Waals surface area contributed by atoms with Crippen LogP contribution in [0.15, 0.2) is 18.2 Å². The van der Waals surface area contributed by atoms with Crippen LogP contribution in [0, 0.1) is 11.6 Å². The number of aromatic nitrogens is 2. The van der Waals surface area contributed by atoms with Crippen LogP contribution in [0.4, 0.5) is 20.4 Å². The molecule has 1 aromatic carbocycles. The van der Waals surface area contributed by atoms with Gasteiger partial charge in [0.05, 0.1) is 18.8 Å². The third kappa shape index (κ3) is 3.75. The summed E-state index contributed by atoms with van der Waals surface area (Å²) in [5.74, 6) is -3.56. The number of halogens is 2. The molecule has 0 atom stereocenters. The molecule has 3 rings (SSSR count). The Balaban J connectivity index is 1.77. The van der Waals surface area contributed by atoms with Crippen molar-refractivity contribution in [2.75, 3.05) is 43.5 Å². The number of nitrogens with two attached hydrogens (primary N) is 1. The number of ketones is 1. The van der Waals surface area contributed by atoms with Crippen molar-refractivity contribution in [2.45, 2.75) is 0 Å². The molecule has 0 aliphatic carbocycles. The third-order valence-electron chi connectivity index (χ3n) is 4.16. The number of morpholine rings is 1. The molecule has 1 fully saturated rings. The predicted octanol–water partition coefficient (Wildman–Crippen LogP) is 1.16. The highest BCUT2D eigenvalue weighted by atomic mass is 19.1. The Kier molecular flexibility index (Phi) is 5.36. The van der Waals surface area contributed by atoms with Gasteiger partial charge < -0.3 is 20.1 Å². The van der Waals surface area contributed by atoms with Crippen molar-refractivity contribution < 1.29 is 27.8 Å². The first-order valence-corrected chi connectivity index (χ1v) is 8.19. The summed E-state index contributed by atoms with van der Waals surface area (Å²) >= 11 is 0. The molecule has 2 aromatic rings. The monoisotopic (exact) mass is 380 g/mol. The van der Waals surface area contributed by atoms with E-state index in [-0.39, 0.29) is 11.4 Å². The number of hydrogen-bond donors (Lipinski definition) is 1. The molecule has 1 aromatic heterocycles. The van der Waals surface area contributed by atoms with Gasteiger partial charge in [-0.3, -0.25) is 9.48 Å². The summed E-state index contributed by atoms with van der Waals surface area (Å²) < 4.78 is 38.9. The summed E-state index contributed by atoms with van der Waals surface area (Å²) in [4.78, 5) is 26.4. The van der Waals surface area contributed by atoms with Gasteiger partial charge in [-0.05, 0) is 12.1 Å². The minimum absolute atomic E-state index is 0.00112. The number of nitrogen functional groups attached to an aromatic ring is 1. The second-order valence-corrected chi connectivity index (χ2v) is 5.90. The highest BCUT2D eigenvalue weighted by molar-refractivity contribution is 6.03. The number of carbonyl (C=O) groups excluding carboxylic acids is 2. The van der Waals surface area contributed by atoms with Gasteiger partial charge in [-0.15, -0.1) is 0 Å². The van der Waals surface area contributed by atoms with Crippen LogP contribution in [0.5, 0.6) is 0 Å². The molecule has 144 valence electrons. The van der Waals surface area contributed by atoms with Gasteiger partial charge in [-0.25, -0.2) is 13.6 Å². The van der Waals surface area contributed by atoms with Crippen molar-refractivity contribution in [3.8, 4) is 0 Å². The number of benzene rings is 1. The zero-order valence-corrected chi connectivity index (χ0v) is 14.6. The van der Waals surface area contributed by atoms with E-state index in [1.165, 1.54) is 4.68 Å². The van der Waals surface area contributed by atoms with Crippen molar-refractivity contribution in [1.82, 2.24) is 9.78 Å². The molecule has 0 amide bonds. The van der Waals surface area contributed by atoms with E-state index in [2.05, 4.69) is 5.10 Å². The fraction of sp³-hybridized carbons (Fsp3) is 0.353. The van der Waals surface area contributed by atoms with Gasteiger partial charge in [-0.2, -0.15) is 5.10 Å². The fourth-order valence-electron chi connectivity index (χ4n) is 2.75. The van der Waals surface area contributed by atoms with Crippen LogP contribution in [0.25, 0.3) is 0 Å². The Morgan fingerprint density at radius 3 is 2.48 bits per heavy atom. The maximum Gasteiger partial charge on any atom is 0.346 e. The third-order valence-corrected chi connectivity index (χ3v) is 4.16. The number of rotatable bonds is 5. The number of ether oxygens (including phenoxy) is 2. The standard InChI is InChI=1S/C17H18F2N4O4/c1-22-15(20)14(16(21-22)23-5-7-26-8-6-23)17(25)27-9-12(24)13-10(18)3-2-4-11(13)19/h2-4H,5-9,20H2,1H3. The highest BCUT2D eigenvalue weighted by Gasteiger charge is 2.28. The number of aryl methyl sites for hydroxylation is 1. The average molecular weight is 380 g/mol. The molecule has 1 aliphatic rings. The maximum atomic E-state index is 13.7. The largest absolute Gasteiger partial charge is 0.453 e. The molecule has 0 saturated carbocycles. The SMILES string of the molecule is Cn1nc(N2CCOCC2)c(C(=O)OCC(=O)c2c(F)cccc2F)c1N. The van der Waals surface area contributed by atoms with Crippen molar-refractivity contribution in [2.24, 2.45) is 7.05 Å². The molecule has 0 unspecified atom stereocenters. The van der Waals surface area contributed by atoms with E-state index in [1.807, 2.05) is 4.90 Å². The van der Waals surface area contributed by atoms with E-state index in [0.29, 0.717) is 32.1 Å². The maximum absolute atomic E-state index is 13.7. The lowest BCUT2D eigenvalue weighted by Crippen LogP contribution is -2.37. The van der Waals surface area contributed by atoms with Crippen molar-refractivity contribution in [1.29, 1.82) is 0 Å². The van der Waals surface area contributed by atoms with Gasteiger partial charge in [0, 0.05) is 20.1 Å². The molecule has 8 nitrogen and oxygen atoms in total. The quantitative estimate of drug-likeness (QED) is 0.614. The zero-order chi connectivity index (χ0) is 19.6. The predicted molar refractivity (Wildman–Crippen MR) is 91.6 cm³/mol. The van der Waals surface area contributed by atoms with Crippen LogP contribution in [0.2, 0.25) is 0 Å². The number of hydrogen-bond acceptors (Lipinski definition) is 7. The molecular weight excluding hydrogens is 362 g/mol. The van der Waals surface area contributed by atoms with Crippen LogP contribution in [-0.4, -0.2) is 54.4 Å².